The number of nitrogens with two attached hydrogens (primary N) is 1. The Hall–Kier alpha value is -2.97. The van der Waals surface area contributed by atoms with E-state index >= 15 is 0 Å². The number of thiazole rings is 1. The number of nitrogens with one attached hydrogen (secondary N) is 1. The molecule has 8 heteroatoms. The van der Waals surface area contributed by atoms with Gasteiger partial charge in [-0.15, -0.1) is 0 Å². The molecule has 1 aromatic carbocycles. The van der Waals surface area contributed by atoms with Gasteiger partial charge >= 0.3 is 0 Å². The molecule has 0 spiro atoms. The topological polar surface area (TPSA) is 106 Å². The number of rotatable bonds is 8. The van der Waals surface area contributed by atoms with Crippen LogP contribution in [0.3, 0.4) is 0 Å². The fourth-order valence-corrected chi connectivity index (χ4v) is 3.64. The minimum absolute atomic E-state index is 0.0598. The number of allylic oxidation sites excluding steroid dienone is 2. The van der Waals surface area contributed by atoms with Crippen molar-refractivity contribution in [3.05, 3.63) is 59.4 Å². The van der Waals surface area contributed by atoms with Gasteiger partial charge in [-0.2, -0.15) is 0 Å². The van der Waals surface area contributed by atoms with Crippen molar-refractivity contribution < 1.29 is 9.90 Å². The zero-order valence-electron chi connectivity index (χ0n) is 15.7. The normalized spacial score (nSPS) is 11.7. The van der Waals surface area contributed by atoms with Crippen molar-refractivity contribution >= 4 is 39.2 Å². The Morgan fingerprint density at radius 2 is 2.29 bits per heavy atom. The monoisotopic (exact) mass is 397 g/mol. The van der Waals surface area contributed by atoms with E-state index < -0.39 is 0 Å². The Bertz CT molecular complexity index is 1030. The summed E-state index contributed by atoms with van der Waals surface area (Å²) in [5.74, 6) is 0.768. The Labute approximate surface area is 167 Å². The van der Waals surface area contributed by atoms with Gasteiger partial charge in [0.25, 0.3) is 5.91 Å². The molecule has 7 nitrogen and oxygen atoms in total. The molecule has 2 aromatic heterocycles. The lowest BCUT2D eigenvalue weighted by atomic mass is 10.2. The molecule has 0 aliphatic rings. The van der Waals surface area contributed by atoms with Gasteiger partial charge < -0.3 is 15.4 Å². The second-order valence-electron chi connectivity index (χ2n) is 6.15. The van der Waals surface area contributed by atoms with Gasteiger partial charge in [0.05, 0.1) is 22.1 Å². The highest BCUT2D eigenvalue weighted by Crippen LogP contribution is 2.25. The van der Waals surface area contributed by atoms with Crippen LogP contribution in [0.25, 0.3) is 16.8 Å². The SMILES string of the molecule is C=C/C=C(\O)c1cnc(NC(=O)c2ccc3c(c2)nc(CC)n3CCCN)s1. The molecule has 4 N–H and O–H groups in total. The second kappa shape index (κ2) is 8.81. The van der Waals surface area contributed by atoms with Crippen LogP contribution in [0, 0.1) is 0 Å². The van der Waals surface area contributed by atoms with Crippen LogP contribution in [0.2, 0.25) is 0 Å². The van der Waals surface area contributed by atoms with E-state index in [0.717, 1.165) is 36.2 Å². The number of carbonyl (C=O) groups excluding carboxylic acids is 1. The van der Waals surface area contributed by atoms with Gasteiger partial charge in [0.15, 0.2) is 5.13 Å². The number of aliphatic hydroxyl groups excluding tert-OH is 1. The average molecular weight is 398 g/mol. The zero-order valence-corrected chi connectivity index (χ0v) is 16.5. The van der Waals surface area contributed by atoms with E-state index in [-0.39, 0.29) is 11.7 Å². The van der Waals surface area contributed by atoms with Gasteiger partial charge in [0, 0.05) is 18.5 Å². The van der Waals surface area contributed by atoms with E-state index in [1.54, 1.807) is 12.1 Å². The summed E-state index contributed by atoms with van der Waals surface area (Å²) in [5.41, 5.74) is 7.92. The summed E-state index contributed by atoms with van der Waals surface area (Å²) in [6.07, 6.45) is 6.15. The van der Waals surface area contributed by atoms with Crippen LogP contribution in [0.5, 0.6) is 0 Å². The van der Waals surface area contributed by atoms with Crippen molar-refractivity contribution in [3.8, 4) is 0 Å². The van der Waals surface area contributed by atoms with Gasteiger partial charge in [0.2, 0.25) is 0 Å². The number of hydrogen-bond donors (Lipinski definition) is 3. The number of benzene rings is 1. The standard InChI is InChI=1S/C20H23N5O2S/c1-3-6-16(26)17-12-22-20(28-17)24-19(27)13-7-8-15-14(11-13)23-18(4-2)25(15)10-5-9-21/h3,6-8,11-12,26H,1,4-5,9-10,21H2,2H3,(H,22,24,27)/b16-6-. The summed E-state index contributed by atoms with van der Waals surface area (Å²) in [6, 6.07) is 5.48. The number of aliphatic hydroxyl groups is 1. The average Bonchev–Trinajstić information content (AvgIpc) is 3.30. The first-order chi connectivity index (χ1) is 13.6. The Morgan fingerprint density at radius 3 is 3.00 bits per heavy atom. The van der Waals surface area contributed by atoms with Crippen molar-refractivity contribution in [3.63, 3.8) is 0 Å². The minimum Gasteiger partial charge on any atom is -0.506 e. The molecule has 1 amide bonds. The van der Waals surface area contributed by atoms with E-state index in [4.69, 9.17) is 5.73 Å². The van der Waals surface area contributed by atoms with Crippen LogP contribution in [-0.2, 0) is 13.0 Å². The summed E-state index contributed by atoms with van der Waals surface area (Å²) in [5, 5.41) is 13.0. The molecule has 0 aliphatic carbocycles. The maximum atomic E-state index is 12.6. The molecule has 0 saturated heterocycles. The summed E-state index contributed by atoms with van der Waals surface area (Å²) in [4.78, 5) is 22.0. The lowest BCUT2D eigenvalue weighted by Crippen LogP contribution is -2.11. The molecule has 2 heterocycles. The van der Waals surface area contributed by atoms with Crippen molar-refractivity contribution in [1.29, 1.82) is 0 Å². The van der Waals surface area contributed by atoms with Crippen LogP contribution in [-0.4, -0.2) is 32.1 Å². The number of fused-ring (bicyclic) bond motifs is 1. The van der Waals surface area contributed by atoms with Crippen molar-refractivity contribution in [2.45, 2.75) is 26.3 Å². The van der Waals surface area contributed by atoms with Crippen LogP contribution < -0.4 is 11.1 Å². The summed E-state index contributed by atoms with van der Waals surface area (Å²) in [7, 11) is 0. The third kappa shape index (κ3) is 4.13. The number of aryl methyl sites for hydroxylation is 2. The van der Waals surface area contributed by atoms with Crippen LogP contribution in [0.1, 0.15) is 34.4 Å². The zero-order chi connectivity index (χ0) is 20.1. The van der Waals surface area contributed by atoms with Crippen LogP contribution in [0.4, 0.5) is 5.13 Å². The third-order valence-corrected chi connectivity index (χ3v) is 5.18. The minimum atomic E-state index is -0.274. The summed E-state index contributed by atoms with van der Waals surface area (Å²) < 4.78 is 2.16. The molecule has 28 heavy (non-hydrogen) atoms. The van der Waals surface area contributed by atoms with Crippen molar-refractivity contribution in [1.82, 2.24) is 14.5 Å². The Morgan fingerprint density at radius 1 is 1.46 bits per heavy atom. The highest BCUT2D eigenvalue weighted by molar-refractivity contribution is 7.16. The van der Waals surface area contributed by atoms with Gasteiger partial charge in [0.1, 0.15) is 11.6 Å². The van der Waals surface area contributed by atoms with E-state index in [9.17, 15) is 9.90 Å². The fourth-order valence-electron chi connectivity index (χ4n) is 2.90. The first-order valence-corrected chi connectivity index (χ1v) is 9.87. The predicted molar refractivity (Wildman–Crippen MR) is 114 cm³/mol. The molecule has 0 unspecified atom stereocenters. The Balaban J connectivity index is 1.82. The quantitative estimate of drug-likeness (QED) is 0.397. The van der Waals surface area contributed by atoms with E-state index in [1.807, 2.05) is 6.07 Å². The number of amides is 1. The molecule has 3 rings (SSSR count). The maximum absolute atomic E-state index is 12.6. The predicted octanol–water partition coefficient (Wildman–Crippen LogP) is 3.74. The third-order valence-electron chi connectivity index (χ3n) is 4.25. The first-order valence-electron chi connectivity index (χ1n) is 9.05. The van der Waals surface area contributed by atoms with Crippen molar-refractivity contribution in [2.75, 3.05) is 11.9 Å². The molecule has 0 saturated carbocycles. The number of hydrogen-bond acceptors (Lipinski definition) is 6. The maximum Gasteiger partial charge on any atom is 0.257 e. The van der Waals surface area contributed by atoms with Crippen LogP contribution in [0.15, 0.2) is 43.1 Å². The molecule has 146 valence electrons. The van der Waals surface area contributed by atoms with E-state index in [0.29, 0.717) is 22.1 Å². The number of anilines is 1. The van der Waals surface area contributed by atoms with E-state index in [2.05, 4.69) is 33.4 Å². The Kier molecular flexibility index (Phi) is 6.23. The molecule has 0 bridgehead atoms. The number of aromatic nitrogens is 3. The molecule has 0 aliphatic heterocycles. The van der Waals surface area contributed by atoms with Gasteiger partial charge in [-0.25, -0.2) is 9.97 Å². The molecular weight excluding hydrogens is 374 g/mol. The highest BCUT2D eigenvalue weighted by Gasteiger charge is 2.14. The highest BCUT2D eigenvalue weighted by atomic mass is 32.1. The summed E-state index contributed by atoms with van der Waals surface area (Å²) >= 11 is 1.19. The lowest BCUT2D eigenvalue weighted by molar-refractivity contribution is 0.102. The fraction of sp³-hybridized carbons (Fsp3) is 0.250. The number of carbonyl (C=O) groups is 1. The molecule has 0 radical (unpaired) electrons. The largest absolute Gasteiger partial charge is 0.506 e. The van der Waals surface area contributed by atoms with Gasteiger partial charge in [-0.05, 0) is 37.2 Å². The molecular formula is C20H23N5O2S. The molecule has 0 fully saturated rings. The second-order valence-corrected chi connectivity index (χ2v) is 7.18. The molecule has 3 aromatic rings. The van der Waals surface area contributed by atoms with Gasteiger partial charge in [-0.3, -0.25) is 10.1 Å². The van der Waals surface area contributed by atoms with Crippen LogP contribution >= 0.6 is 11.3 Å². The number of nitrogens with zero attached hydrogens (tertiary/aromatic N) is 3. The smallest absolute Gasteiger partial charge is 0.257 e. The first kappa shape index (κ1) is 19.8. The van der Waals surface area contributed by atoms with E-state index in [1.165, 1.54) is 29.7 Å². The van der Waals surface area contributed by atoms with Crippen molar-refractivity contribution in [2.24, 2.45) is 5.73 Å². The van der Waals surface area contributed by atoms with Gasteiger partial charge in [-0.1, -0.05) is 30.9 Å². The number of imidazole rings is 1. The lowest BCUT2D eigenvalue weighted by Gasteiger charge is -2.07. The molecule has 0 atom stereocenters. The summed E-state index contributed by atoms with van der Waals surface area (Å²) in [6.45, 7) is 7.03.